The predicted molar refractivity (Wildman–Crippen MR) is 63.1 cm³/mol. The summed E-state index contributed by atoms with van der Waals surface area (Å²) in [5.41, 5.74) is 8.70. The molecule has 1 aromatic heterocycles. The second-order valence-electron chi connectivity index (χ2n) is 3.42. The fraction of sp³-hybridized carbons (Fsp3) is 0.250. The average Bonchev–Trinajstić information content (AvgIpc) is 2.78. The summed E-state index contributed by atoms with van der Waals surface area (Å²) in [7, 11) is 0. The van der Waals surface area contributed by atoms with E-state index in [0.29, 0.717) is 13.2 Å². The van der Waals surface area contributed by atoms with Crippen molar-refractivity contribution in [1.29, 1.82) is 0 Å². The molecule has 1 heterocycles. The van der Waals surface area contributed by atoms with Crippen LogP contribution in [-0.4, -0.2) is 16.8 Å². The molecule has 0 aliphatic heterocycles. The molecular weight excluding hydrogens is 202 g/mol. The van der Waals surface area contributed by atoms with Crippen molar-refractivity contribution in [2.45, 2.75) is 13.5 Å². The van der Waals surface area contributed by atoms with Gasteiger partial charge in [-0.25, -0.2) is 0 Å². The van der Waals surface area contributed by atoms with Crippen molar-refractivity contribution in [3.63, 3.8) is 0 Å². The topological polar surface area (TPSA) is 63.9 Å². The van der Waals surface area contributed by atoms with Crippen LogP contribution in [0.4, 0.5) is 0 Å². The van der Waals surface area contributed by atoms with Gasteiger partial charge in [-0.2, -0.15) is 5.10 Å². The van der Waals surface area contributed by atoms with Gasteiger partial charge in [-0.1, -0.05) is 12.1 Å². The summed E-state index contributed by atoms with van der Waals surface area (Å²) in [6, 6.07) is 7.92. The first-order chi connectivity index (χ1) is 7.85. The Morgan fingerprint density at radius 3 is 2.69 bits per heavy atom. The Labute approximate surface area is 94.4 Å². The van der Waals surface area contributed by atoms with Gasteiger partial charge >= 0.3 is 0 Å². The monoisotopic (exact) mass is 217 g/mol. The zero-order valence-corrected chi connectivity index (χ0v) is 9.23. The molecule has 0 unspecified atom stereocenters. The number of aromatic nitrogens is 2. The fourth-order valence-electron chi connectivity index (χ4n) is 1.61. The molecule has 0 saturated heterocycles. The molecule has 2 rings (SSSR count). The van der Waals surface area contributed by atoms with E-state index in [1.807, 2.05) is 31.2 Å². The third-order valence-electron chi connectivity index (χ3n) is 2.40. The van der Waals surface area contributed by atoms with Crippen molar-refractivity contribution >= 4 is 0 Å². The lowest BCUT2D eigenvalue weighted by Crippen LogP contribution is -1.98. The number of hydrogen-bond donors (Lipinski definition) is 2. The first-order valence-electron chi connectivity index (χ1n) is 5.30. The molecule has 0 spiro atoms. The molecule has 0 aliphatic carbocycles. The van der Waals surface area contributed by atoms with E-state index in [2.05, 4.69) is 10.2 Å². The maximum Gasteiger partial charge on any atom is 0.119 e. The minimum absolute atomic E-state index is 0.461. The van der Waals surface area contributed by atoms with Gasteiger partial charge in [0, 0.05) is 12.1 Å². The van der Waals surface area contributed by atoms with Crippen LogP contribution >= 0.6 is 0 Å². The Kier molecular flexibility index (Phi) is 3.22. The number of hydrogen-bond acceptors (Lipinski definition) is 3. The Morgan fingerprint density at radius 2 is 2.06 bits per heavy atom. The van der Waals surface area contributed by atoms with Crippen molar-refractivity contribution in [2.75, 3.05) is 6.61 Å². The minimum Gasteiger partial charge on any atom is -0.494 e. The molecule has 0 atom stereocenters. The highest BCUT2D eigenvalue weighted by Crippen LogP contribution is 2.24. The summed E-state index contributed by atoms with van der Waals surface area (Å²) in [4.78, 5) is 0. The van der Waals surface area contributed by atoms with Crippen molar-refractivity contribution in [3.05, 3.63) is 36.2 Å². The van der Waals surface area contributed by atoms with Gasteiger partial charge in [-0.05, 0) is 24.6 Å². The highest BCUT2D eigenvalue weighted by molar-refractivity contribution is 5.65. The number of nitrogens with one attached hydrogen (secondary N) is 1. The second kappa shape index (κ2) is 4.81. The van der Waals surface area contributed by atoms with Crippen LogP contribution in [0.25, 0.3) is 11.1 Å². The third-order valence-corrected chi connectivity index (χ3v) is 2.40. The zero-order valence-electron chi connectivity index (χ0n) is 9.23. The Hall–Kier alpha value is -1.81. The summed E-state index contributed by atoms with van der Waals surface area (Å²) >= 11 is 0. The molecule has 1 aromatic carbocycles. The summed E-state index contributed by atoms with van der Waals surface area (Å²) < 4.78 is 5.39. The first-order valence-corrected chi connectivity index (χ1v) is 5.30. The van der Waals surface area contributed by atoms with Crippen LogP contribution in [0, 0.1) is 0 Å². The van der Waals surface area contributed by atoms with Crippen molar-refractivity contribution < 1.29 is 4.74 Å². The van der Waals surface area contributed by atoms with Gasteiger partial charge < -0.3 is 10.5 Å². The molecule has 4 heteroatoms. The fourth-order valence-corrected chi connectivity index (χ4v) is 1.61. The maximum absolute atomic E-state index is 5.61. The lowest BCUT2D eigenvalue weighted by atomic mass is 10.1. The molecule has 0 amide bonds. The van der Waals surface area contributed by atoms with E-state index in [0.717, 1.165) is 22.6 Å². The molecule has 0 radical (unpaired) electrons. The van der Waals surface area contributed by atoms with Gasteiger partial charge in [0.1, 0.15) is 5.75 Å². The Balaban J connectivity index is 2.27. The lowest BCUT2D eigenvalue weighted by molar-refractivity contribution is 0.340. The Morgan fingerprint density at radius 1 is 1.31 bits per heavy atom. The molecular formula is C12H15N3O. The van der Waals surface area contributed by atoms with Crippen LogP contribution < -0.4 is 10.5 Å². The van der Waals surface area contributed by atoms with Crippen LogP contribution in [0.5, 0.6) is 5.75 Å². The SMILES string of the molecule is CCOc1ccc(-c2cn[nH]c2CN)cc1. The van der Waals surface area contributed by atoms with Gasteiger partial charge in [0.2, 0.25) is 0 Å². The molecule has 84 valence electrons. The molecule has 3 N–H and O–H groups in total. The van der Waals surface area contributed by atoms with Crippen LogP contribution in [0.1, 0.15) is 12.6 Å². The van der Waals surface area contributed by atoms with E-state index in [4.69, 9.17) is 10.5 Å². The van der Waals surface area contributed by atoms with Gasteiger partial charge in [-0.15, -0.1) is 0 Å². The molecule has 0 saturated carbocycles. The normalized spacial score (nSPS) is 10.4. The predicted octanol–water partition coefficient (Wildman–Crippen LogP) is 1.93. The number of H-pyrrole nitrogens is 1. The zero-order chi connectivity index (χ0) is 11.4. The summed E-state index contributed by atoms with van der Waals surface area (Å²) in [6.45, 7) is 3.11. The third kappa shape index (κ3) is 2.06. The largest absolute Gasteiger partial charge is 0.494 e. The minimum atomic E-state index is 0.461. The summed E-state index contributed by atoms with van der Waals surface area (Å²) in [6.07, 6.45) is 1.79. The first kappa shape index (κ1) is 10.7. The van der Waals surface area contributed by atoms with E-state index >= 15 is 0 Å². The van der Waals surface area contributed by atoms with Crippen LogP contribution in [0.2, 0.25) is 0 Å². The standard InChI is InChI=1S/C12H15N3O/c1-2-16-10-5-3-9(4-6-10)11-8-14-15-12(11)7-13/h3-6,8H,2,7,13H2,1H3,(H,14,15). The number of ether oxygens (including phenoxy) is 1. The van der Waals surface area contributed by atoms with Gasteiger partial charge in [0.15, 0.2) is 0 Å². The van der Waals surface area contributed by atoms with Gasteiger partial charge in [0.25, 0.3) is 0 Å². The molecule has 16 heavy (non-hydrogen) atoms. The highest BCUT2D eigenvalue weighted by Gasteiger charge is 2.05. The molecule has 4 nitrogen and oxygen atoms in total. The van der Waals surface area contributed by atoms with Crippen molar-refractivity contribution in [1.82, 2.24) is 10.2 Å². The van der Waals surface area contributed by atoms with E-state index < -0.39 is 0 Å². The summed E-state index contributed by atoms with van der Waals surface area (Å²) in [5, 5.41) is 6.88. The number of benzene rings is 1. The van der Waals surface area contributed by atoms with Crippen molar-refractivity contribution in [2.24, 2.45) is 5.73 Å². The molecule has 0 bridgehead atoms. The van der Waals surface area contributed by atoms with Crippen molar-refractivity contribution in [3.8, 4) is 16.9 Å². The van der Waals surface area contributed by atoms with Gasteiger partial charge in [0.05, 0.1) is 18.5 Å². The maximum atomic E-state index is 5.61. The van der Waals surface area contributed by atoms with E-state index in [1.54, 1.807) is 6.20 Å². The highest BCUT2D eigenvalue weighted by atomic mass is 16.5. The smallest absolute Gasteiger partial charge is 0.119 e. The van der Waals surface area contributed by atoms with E-state index in [-0.39, 0.29) is 0 Å². The number of aromatic amines is 1. The molecule has 0 fully saturated rings. The van der Waals surface area contributed by atoms with Crippen LogP contribution in [0.15, 0.2) is 30.5 Å². The quantitative estimate of drug-likeness (QED) is 0.822. The molecule has 0 aliphatic rings. The molecule has 2 aromatic rings. The lowest BCUT2D eigenvalue weighted by Gasteiger charge is -2.04. The van der Waals surface area contributed by atoms with Crippen LogP contribution in [0.3, 0.4) is 0 Å². The summed E-state index contributed by atoms with van der Waals surface area (Å²) in [5.74, 6) is 0.879. The van der Waals surface area contributed by atoms with E-state index in [9.17, 15) is 0 Å². The second-order valence-corrected chi connectivity index (χ2v) is 3.42. The Bertz CT molecular complexity index is 448. The number of nitrogens with two attached hydrogens (primary N) is 1. The number of nitrogens with zero attached hydrogens (tertiary/aromatic N) is 1. The van der Waals surface area contributed by atoms with E-state index in [1.165, 1.54) is 0 Å². The average molecular weight is 217 g/mol. The number of rotatable bonds is 4. The van der Waals surface area contributed by atoms with Gasteiger partial charge in [-0.3, -0.25) is 5.10 Å². The van der Waals surface area contributed by atoms with Crippen LogP contribution in [-0.2, 0) is 6.54 Å².